The zero-order chi connectivity index (χ0) is 22.2. The van der Waals surface area contributed by atoms with Crippen molar-refractivity contribution in [3.63, 3.8) is 0 Å². The summed E-state index contributed by atoms with van der Waals surface area (Å²) in [6.45, 7) is 4.44. The SMILES string of the molecule is CC(CCOC=O)NC(=O)CC(C)NC(=O)OCC1c2ccccc2-c2ccccc21. The summed E-state index contributed by atoms with van der Waals surface area (Å²) in [6.07, 6.45) is 0.108. The third-order valence-electron chi connectivity index (χ3n) is 5.34. The number of rotatable bonds is 10. The Hall–Kier alpha value is -3.35. The van der Waals surface area contributed by atoms with Gasteiger partial charge < -0.3 is 20.1 Å². The summed E-state index contributed by atoms with van der Waals surface area (Å²) in [4.78, 5) is 34.6. The van der Waals surface area contributed by atoms with E-state index in [1.54, 1.807) is 6.92 Å². The first-order chi connectivity index (χ1) is 15.0. The molecule has 0 bridgehead atoms. The average Bonchev–Trinajstić information content (AvgIpc) is 3.06. The van der Waals surface area contributed by atoms with Crippen LogP contribution in [0.25, 0.3) is 11.1 Å². The van der Waals surface area contributed by atoms with Crippen LogP contribution in [0.1, 0.15) is 43.7 Å². The number of carbonyl (C=O) groups is 3. The summed E-state index contributed by atoms with van der Waals surface area (Å²) in [5, 5.41) is 5.53. The van der Waals surface area contributed by atoms with Gasteiger partial charge in [-0.25, -0.2) is 4.79 Å². The molecule has 2 N–H and O–H groups in total. The molecule has 2 amide bonds. The number of hydrogen-bond acceptors (Lipinski definition) is 5. The predicted octanol–water partition coefficient (Wildman–Crippen LogP) is 3.37. The van der Waals surface area contributed by atoms with Crippen LogP contribution < -0.4 is 10.6 Å². The molecule has 2 unspecified atom stereocenters. The quantitative estimate of drug-likeness (QED) is 0.451. The molecule has 0 saturated heterocycles. The molecule has 0 aliphatic heterocycles. The van der Waals surface area contributed by atoms with Gasteiger partial charge in [0.2, 0.25) is 5.91 Å². The topological polar surface area (TPSA) is 93.7 Å². The molecule has 2 aromatic rings. The Bertz CT molecular complexity index is 884. The van der Waals surface area contributed by atoms with Crippen molar-refractivity contribution in [1.29, 1.82) is 0 Å². The molecule has 1 aliphatic rings. The van der Waals surface area contributed by atoms with Gasteiger partial charge in [-0.1, -0.05) is 48.5 Å². The molecule has 0 saturated carbocycles. The maximum atomic E-state index is 12.3. The van der Waals surface area contributed by atoms with Gasteiger partial charge >= 0.3 is 6.09 Å². The third-order valence-corrected chi connectivity index (χ3v) is 5.34. The van der Waals surface area contributed by atoms with Crippen molar-refractivity contribution in [2.24, 2.45) is 0 Å². The maximum absolute atomic E-state index is 12.3. The van der Waals surface area contributed by atoms with Gasteiger partial charge in [0, 0.05) is 30.8 Å². The van der Waals surface area contributed by atoms with E-state index in [0.717, 1.165) is 11.1 Å². The van der Waals surface area contributed by atoms with Crippen LogP contribution in [-0.2, 0) is 19.1 Å². The number of benzene rings is 2. The van der Waals surface area contributed by atoms with E-state index in [1.165, 1.54) is 11.1 Å². The van der Waals surface area contributed by atoms with E-state index < -0.39 is 6.09 Å². The Morgan fingerprint density at radius 1 is 0.968 bits per heavy atom. The number of amides is 2. The number of hydrogen-bond donors (Lipinski definition) is 2. The van der Waals surface area contributed by atoms with Crippen molar-refractivity contribution in [1.82, 2.24) is 10.6 Å². The molecule has 164 valence electrons. The van der Waals surface area contributed by atoms with Gasteiger partial charge in [-0.15, -0.1) is 0 Å². The smallest absolute Gasteiger partial charge is 0.407 e. The lowest BCUT2D eigenvalue weighted by Gasteiger charge is -2.18. The van der Waals surface area contributed by atoms with Gasteiger partial charge in [0.05, 0.1) is 6.61 Å². The molecule has 0 spiro atoms. The van der Waals surface area contributed by atoms with Crippen LogP contribution in [-0.4, -0.2) is 43.8 Å². The number of alkyl carbamates (subject to hydrolysis) is 1. The van der Waals surface area contributed by atoms with E-state index in [-0.39, 0.29) is 43.5 Å². The second kappa shape index (κ2) is 10.6. The molecule has 3 rings (SSSR count). The summed E-state index contributed by atoms with van der Waals surface area (Å²) in [6, 6.07) is 15.8. The van der Waals surface area contributed by atoms with Gasteiger partial charge in [0.15, 0.2) is 0 Å². The van der Waals surface area contributed by atoms with E-state index in [0.29, 0.717) is 12.9 Å². The highest BCUT2D eigenvalue weighted by molar-refractivity contribution is 5.79. The molecule has 1 aliphatic carbocycles. The van der Waals surface area contributed by atoms with Gasteiger partial charge in [-0.3, -0.25) is 9.59 Å². The van der Waals surface area contributed by atoms with Gasteiger partial charge in [-0.2, -0.15) is 0 Å². The Morgan fingerprint density at radius 2 is 1.58 bits per heavy atom. The van der Waals surface area contributed by atoms with Gasteiger partial charge in [0.25, 0.3) is 6.47 Å². The largest absolute Gasteiger partial charge is 0.468 e. The van der Waals surface area contributed by atoms with Crippen molar-refractivity contribution in [2.45, 2.75) is 44.7 Å². The van der Waals surface area contributed by atoms with Gasteiger partial charge in [0.1, 0.15) is 6.61 Å². The minimum Gasteiger partial charge on any atom is -0.468 e. The Labute approximate surface area is 182 Å². The second-order valence-corrected chi connectivity index (χ2v) is 7.80. The monoisotopic (exact) mass is 424 g/mol. The molecular formula is C24H28N2O5. The third kappa shape index (κ3) is 5.84. The summed E-state index contributed by atoms with van der Waals surface area (Å²) in [5.41, 5.74) is 4.64. The second-order valence-electron chi connectivity index (χ2n) is 7.80. The van der Waals surface area contributed by atoms with Crippen molar-refractivity contribution >= 4 is 18.5 Å². The molecule has 0 fully saturated rings. The molecule has 31 heavy (non-hydrogen) atoms. The molecule has 0 aromatic heterocycles. The normalized spacial score (nSPS) is 14.0. The molecule has 7 nitrogen and oxygen atoms in total. The van der Waals surface area contributed by atoms with Crippen LogP contribution in [0.4, 0.5) is 4.79 Å². The van der Waals surface area contributed by atoms with Gasteiger partial charge in [-0.05, 0) is 36.1 Å². The Kier molecular flexibility index (Phi) is 7.65. The van der Waals surface area contributed by atoms with Crippen molar-refractivity contribution < 1.29 is 23.9 Å². The number of fused-ring (bicyclic) bond motifs is 3. The predicted molar refractivity (Wildman–Crippen MR) is 117 cm³/mol. The van der Waals surface area contributed by atoms with Crippen molar-refractivity contribution in [3.05, 3.63) is 59.7 Å². The molecule has 2 aromatic carbocycles. The highest BCUT2D eigenvalue weighted by atomic mass is 16.5. The lowest BCUT2D eigenvalue weighted by Crippen LogP contribution is -2.40. The minimum absolute atomic E-state index is 0.00816. The number of nitrogens with one attached hydrogen (secondary N) is 2. The molecule has 0 heterocycles. The van der Waals surface area contributed by atoms with E-state index in [9.17, 15) is 14.4 Å². The molecule has 2 atom stereocenters. The first-order valence-electron chi connectivity index (χ1n) is 10.5. The van der Waals surface area contributed by atoms with Crippen LogP contribution in [0.15, 0.2) is 48.5 Å². The van der Waals surface area contributed by atoms with Crippen LogP contribution in [0.5, 0.6) is 0 Å². The van der Waals surface area contributed by atoms with Crippen LogP contribution >= 0.6 is 0 Å². The van der Waals surface area contributed by atoms with Crippen LogP contribution in [0.2, 0.25) is 0 Å². The molecular weight excluding hydrogens is 396 g/mol. The lowest BCUT2D eigenvalue weighted by molar-refractivity contribution is -0.128. The Morgan fingerprint density at radius 3 is 2.19 bits per heavy atom. The average molecular weight is 424 g/mol. The summed E-state index contributed by atoms with van der Waals surface area (Å²) in [5.74, 6) is -0.198. The number of carbonyl (C=O) groups excluding carboxylic acids is 3. The standard InChI is InChI=1S/C24H28N2O5/c1-16(11-12-30-15-27)25-23(28)13-17(2)26-24(29)31-14-22-20-9-5-3-7-18(20)19-8-4-6-10-21(19)22/h3-10,15-17,22H,11-14H2,1-2H3,(H,25,28)(H,26,29). The van der Waals surface area contributed by atoms with Crippen molar-refractivity contribution in [2.75, 3.05) is 13.2 Å². The fourth-order valence-electron chi connectivity index (χ4n) is 3.87. The molecule has 7 heteroatoms. The lowest BCUT2D eigenvalue weighted by atomic mass is 9.98. The highest BCUT2D eigenvalue weighted by Crippen LogP contribution is 2.44. The highest BCUT2D eigenvalue weighted by Gasteiger charge is 2.29. The molecule has 0 radical (unpaired) electrons. The van der Waals surface area contributed by atoms with Crippen LogP contribution in [0.3, 0.4) is 0 Å². The zero-order valence-corrected chi connectivity index (χ0v) is 17.8. The fourth-order valence-corrected chi connectivity index (χ4v) is 3.87. The first-order valence-corrected chi connectivity index (χ1v) is 10.5. The summed E-state index contributed by atoms with van der Waals surface area (Å²) >= 11 is 0. The van der Waals surface area contributed by atoms with Crippen LogP contribution in [0, 0.1) is 0 Å². The fraction of sp³-hybridized carbons (Fsp3) is 0.375. The minimum atomic E-state index is -0.547. The Balaban J connectivity index is 1.47. The number of ether oxygens (including phenoxy) is 2. The van der Waals surface area contributed by atoms with E-state index >= 15 is 0 Å². The van der Waals surface area contributed by atoms with E-state index in [2.05, 4.69) is 39.6 Å². The van der Waals surface area contributed by atoms with Crippen molar-refractivity contribution in [3.8, 4) is 11.1 Å². The van der Waals surface area contributed by atoms with E-state index in [1.807, 2.05) is 31.2 Å². The summed E-state index contributed by atoms with van der Waals surface area (Å²) < 4.78 is 10.1. The summed E-state index contributed by atoms with van der Waals surface area (Å²) in [7, 11) is 0. The first kappa shape index (κ1) is 22.3. The zero-order valence-electron chi connectivity index (χ0n) is 17.8. The van der Waals surface area contributed by atoms with E-state index in [4.69, 9.17) is 4.74 Å². The maximum Gasteiger partial charge on any atom is 0.407 e.